The normalized spacial score (nSPS) is 12.4. The maximum absolute atomic E-state index is 12.2. The van der Waals surface area contributed by atoms with Crippen LogP contribution in [0.5, 0.6) is 0 Å². The Hall–Kier alpha value is -0.580. The topological polar surface area (TPSA) is 55.1 Å². The molecule has 1 atom stereocenters. The average Bonchev–Trinajstić information content (AvgIpc) is 2.34. The molecule has 1 rings (SSSR count). The number of nitrogens with one attached hydrogen (secondary N) is 1. The van der Waals surface area contributed by atoms with Crippen molar-refractivity contribution in [2.24, 2.45) is 11.7 Å². The monoisotopic (exact) mass is 362 g/mol. The Morgan fingerprint density at radius 1 is 1.40 bits per heavy atom. The Balaban J connectivity index is 0.00000361. The van der Waals surface area contributed by atoms with Crippen molar-refractivity contribution in [3.8, 4) is 0 Å². The fourth-order valence-electron chi connectivity index (χ4n) is 1.81. The van der Waals surface area contributed by atoms with E-state index in [0.717, 1.165) is 22.9 Å². The van der Waals surface area contributed by atoms with E-state index in [0.29, 0.717) is 6.54 Å². The van der Waals surface area contributed by atoms with Crippen LogP contribution < -0.4 is 11.1 Å². The fraction of sp³-hybridized carbons (Fsp3) is 0.533. The molecule has 114 valence electrons. The van der Waals surface area contributed by atoms with E-state index < -0.39 is 0 Å². The van der Waals surface area contributed by atoms with Crippen molar-refractivity contribution in [2.45, 2.75) is 39.2 Å². The molecule has 0 radical (unpaired) electrons. The summed E-state index contributed by atoms with van der Waals surface area (Å²) in [5, 5.41) is 2.93. The SMILES string of the molecule is CCC(Cc1ccccc1Br)C(=O)NCC(C)(C)N.Cl. The highest BCUT2D eigenvalue weighted by Gasteiger charge is 2.20. The number of carbonyl (C=O) groups is 1. The predicted molar refractivity (Wildman–Crippen MR) is 90.2 cm³/mol. The zero-order valence-corrected chi connectivity index (χ0v) is 14.7. The van der Waals surface area contributed by atoms with Crippen LogP contribution in [0.4, 0.5) is 0 Å². The molecule has 0 aliphatic heterocycles. The number of hydrogen-bond donors (Lipinski definition) is 2. The van der Waals surface area contributed by atoms with Gasteiger partial charge in [-0.1, -0.05) is 41.1 Å². The van der Waals surface area contributed by atoms with E-state index in [1.54, 1.807) is 0 Å². The number of hydrogen-bond acceptors (Lipinski definition) is 2. The largest absolute Gasteiger partial charge is 0.354 e. The number of halogens is 2. The van der Waals surface area contributed by atoms with Gasteiger partial charge in [-0.2, -0.15) is 0 Å². The van der Waals surface area contributed by atoms with Crippen molar-refractivity contribution >= 4 is 34.2 Å². The van der Waals surface area contributed by atoms with Gasteiger partial charge in [0.1, 0.15) is 0 Å². The molecule has 0 saturated heterocycles. The molecule has 1 aromatic rings. The van der Waals surface area contributed by atoms with Crippen LogP contribution in [0.2, 0.25) is 0 Å². The quantitative estimate of drug-likeness (QED) is 0.815. The van der Waals surface area contributed by atoms with Crippen LogP contribution in [-0.2, 0) is 11.2 Å². The van der Waals surface area contributed by atoms with Crippen LogP contribution >= 0.6 is 28.3 Å². The molecule has 0 spiro atoms. The lowest BCUT2D eigenvalue weighted by Crippen LogP contribution is -2.46. The third kappa shape index (κ3) is 6.73. The van der Waals surface area contributed by atoms with E-state index in [-0.39, 0.29) is 29.8 Å². The highest BCUT2D eigenvalue weighted by atomic mass is 79.9. The first kappa shape index (κ1) is 19.4. The van der Waals surface area contributed by atoms with E-state index in [2.05, 4.69) is 21.2 Å². The summed E-state index contributed by atoms with van der Waals surface area (Å²) in [7, 11) is 0. The molecule has 20 heavy (non-hydrogen) atoms. The van der Waals surface area contributed by atoms with Gasteiger partial charge < -0.3 is 11.1 Å². The van der Waals surface area contributed by atoms with Crippen molar-refractivity contribution in [2.75, 3.05) is 6.54 Å². The Morgan fingerprint density at radius 3 is 2.50 bits per heavy atom. The summed E-state index contributed by atoms with van der Waals surface area (Å²) in [5.41, 5.74) is 6.67. The van der Waals surface area contributed by atoms with E-state index in [9.17, 15) is 4.79 Å². The lowest BCUT2D eigenvalue weighted by atomic mass is 9.95. The van der Waals surface area contributed by atoms with Gasteiger partial charge in [0.05, 0.1) is 0 Å². The molecule has 0 aliphatic rings. The summed E-state index contributed by atoms with van der Waals surface area (Å²) in [6, 6.07) is 8.02. The molecule has 0 bridgehead atoms. The van der Waals surface area contributed by atoms with Gasteiger partial charge in [0.15, 0.2) is 0 Å². The number of nitrogens with two attached hydrogens (primary N) is 1. The van der Waals surface area contributed by atoms with Gasteiger partial charge in [-0.15, -0.1) is 12.4 Å². The summed E-state index contributed by atoms with van der Waals surface area (Å²) >= 11 is 3.52. The number of rotatable bonds is 6. The lowest BCUT2D eigenvalue weighted by Gasteiger charge is -2.22. The summed E-state index contributed by atoms with van der Waals surface area (Å²) < 4.78 is 1.06. The second-order valence-electron chi connectivity index (χ2n) is 5.61. The van der Waals surface area contributed by atoms with Crippen molar-refractivity contribution < 1.29 is 4.79 Å². The van der Waals surface area contributed by atoms with E-state index in [1.165, 1.54) is 0 Å². The molecule has 3 N–H and O–H groups in total. The maximum Gasteiger partial charge on any atom is 0.223 e. The van der Waals surface area contributed by atoms with Gasteiger partial charge in [0, 0.05) is 22.5 Å². The second kappa shape index (κ2) is 8.65. The molecule has 1 unspecified atom stereocenters. The average molecular weight is 364 g/mol. The summed E-state index contributed by atoms with van der Waals surface area (Å²) in [6.07, 6.45) is 1.56. The zero-order chi connectivity index (χ0) is 14.5. The lowest BCUT2D eigenvalue weighted by molar-refractivity contribution is -0.125. The summed E-state index contributed by atoms with van der Waals surface area (Å²) in [6.45, 7) is 6.34. The van der Waals surface area contributed by atoms with E-state index >= 15 is 0 Å². The molecule has 0 fully saturated rings. The summed E-state index contributed by atoms with van der Waals surface area (Å²) in [4.78, 5) is 12.2. The first-order chi connectivity index (χ1) is 8.83. The number of benzene rings is 1. The zero-order valence-electron chi connectivity index (χ0n) is 12.3. The highest BCUT2D eigenvalue weighted by Crippen LogP contribution is 2.21. The molecule has 0 heterocycles. The van der Waals surface area contributed by atoms with Crippen molar-refractivity contribution in [1.29, 1.82) is 0 Å². The smallest absolute Gasteiger partial charge is 0.223 e. The molecule has 0 saturated carbocycles. The first-order valence-corrected chi connectivity index (χ1v) is 7.43. The van der Waals surface area contributed by atoms with Gasteiger partial charge in [0.25, 0.3) is 0 Å². The predicted octanol–water partition coefficient (Wildman–Crippen LogP) is 3.29. The van der Waals surface area contributed by atoms with Crippen molar-refractivity contribution in [3.05, 3.63) is 34.3 Å². The molecule has 3 nitrogen and oxygen atoms in total. The minimum Gasteiger partial charge on any atom is -0.354 e. The van der Waals surface area contributed by atoms with Crippen LogP contribution in [0.25, 0.3) is 0 Å². The third-order valence-corrected chi connectivity index (χ3v) is 3.78. The summed E-state index contributed by atoms with van der Waals surface area (Å²) in [5.74, 6) is 0.0674. The molecule has 5 heteroatoms. The van der Waals surface area contributed by atoms with E-state index in [4.69, 9.17) is 5.73 Å². The second-order valence-corrected chi connectivity index (χ2v) is 6.46. The molecule has 1 amide bonds. The van der Waals surface area contributed by atoms with Gasteiger partial charge in [0.2, 0.25) is 5.91 Å². The molecule has 0 aromatic heterocycles. The van der Waals surface area contributed by atoms with E-state index in [1.807, 2.05) is 45.0 Å². The van der Waals surface area contributed by atoms with Gasteiger partial charge in [-0.3, -0.25) is 4.79 Å². The molecular formula is C15H24BrClN2O. The fourth-order valence-corrected chi connectivity index (χ4v) is 2.26. The van der Waals surface area contributed by atoms with Crippen LogP contribution in [-0.4, -0.2) is 18.0 Å². The molecule has 0 aliphatic carbocycles. The minimum atomic E-state index is -0.374. The molecule has 1 aromatic carbocycles. The van der Waals surface area contributed by atoms with Crippen LogP contribution in [0.1, 0.15) is 32.8 Å². The van der Waals surface area contributed by atoms with Gasteiger partial charge in [-0.05, 0) is 38.3 Å². The van der Waals surface area contributed by atoms with Gasteiger partial charge in [-0.25, -0.2) is 0 Å². The van der Waals surface area contributed by atoms with Crippen LogP contribution in [0.3, 0.4) is 0 Å². The first-order valence-electron chi connectivity index (χ1n) is 6.63. The maximum atomic E-state index is 12.2. The Labute approximate surface area is 136 Å². The van der Waals surface area contributed by atoms with Crippen molar-refractivity contribution in [1.82, 2.24) is 5.32 Å². The Bertz CT molecular complexity index is 432. The Morgan fingerprint density at radius 2 is 2.00 bits per heavy atom. The number of carbonyl (C=O) groups excluding carboxylic acids is 1. The minimum absolute atomic E-state index is 0. The van der Waals surface area contributed by atoms with Crippen molar-refractivity contribution in [3.63, 3.8) is 0 Å². The third-order valence-electron chi connectivity index (χ3n) is 3.01. The Kier molecular flexibility index (Phi) is 8.40. The highest BCUT2D eigenvalue weighted by molar-refractivity contribution is 9.10. The van der Waals surface area contributed by atoms with Crippen LogP contribution in [0.15, 0.2) is 28.7 Å². The molecular weight excluding hydrogens is 340 g/mol. The van der Waals surface area contributed by atoms with Crippen LogP contribution in [0, 0.1) is 5.92 Å². The standard InChI is InChI=1S/C15H23BrN2O.ClH/c1-4-11(14(19)18-10-15(2,3)17)9-12-7-5-6-8-13(12)16;/h5-8,11H,4,9-10,17H2,1-3H3,(H,18,19);1H. The van der Waals surface area contributed by atoms with Gasteiger partial charge >= 0.3 is 0 Å². The number of amides is 1.